The molecule has 2 atom stereocenters. The summed E-state index contributed by atoms with van der Waals surface area (Å²) in [6.45, 7) is 3.38. The van der Waals surface area contributed by atoms with Crippen LogP contribution in [0.15, 0.2) is 41.5 Å². The highest BCUT2D eigenvalue weighted by atomic mass is 19.4. The minimum absolute atomic E-state index is 0.0350. The second-order valence-electron chi connectivity index (χ2n) is 5.65. The quantitative estimate of drug-likeness (QED) is 0.791. The maximum absolute atomic E-state index is 13.5. The van der Waals surface area contributed by atoms with Crippen molar-refractivity contribution in [2.24, 2.45) is 10.9 Å². The fraction of sp³-hybridized carbons (Fsp3) is 0.353. The summed E-state index contributed by atoms with van der Waals surface area (Å²) >= 11 is 0. The first kappa shape index (κ1) is 17.2. The fourth-order valence-corrected chi connectivity index (χ4v) is 3.09. The van der Waals surface area contributed by atoms with E-state index in [0.717, 1.165) is 6.07 Å². The van der Waals surface area contributed by atoms with Crippen molar-refractivity contribution < 1.29 is 22.7 Å². The molecule has 0 spiro atoms. The smallest absolute Gasteiger partial charge is 0.416 e. The molecule has 0 fully saturated rings. The van der Waals surface area contributed by atoms with Gasteiger partial charge in [-0.1, -0.05) is 18.2 Å². The van der Waals surface area contributed by atoms with Crippen molar-refractivity contribution in [1.82, 2.24) is 9.78 Å². The summed E-state index contributed by atoms with van der Waals surface area (Å²) < 4.78 is 46.9. The molecule has 5 nitrogen and oxygen atoms in total. The van der Waals surface area contributed by atoms with Gasteiger partial charge in [-0.25, -0.2) is 9.67 Å². The van der Waals surface area contributed by atoms with Gasteiger partial charge < -0.3 is 4.74 Å². The molecule has 1 aromatic carbocycles. The molecule has 8 heteroatoms. The van der Waals surface area contributed by atoms with Crippen LogP contribution in [0.2, 0.25) is 0 Å². The van der Waals surface area contributed by atoms with Gasteiger partial charge in [0.2, 0.25) is 0 Å². The number of ether oxygens (including phenoxy) is 1. The van der Waals surface area contributed by atoms with Gasteiger partial charge in [-0.3, -0.25) is 4.79 Å². The minimum atomic E-state index is -4.55. The molecule has 1 aromatic heterocycles. The Morgan fingerprint density at radius 1 is 1.28 bits per heavy atom. The van der Waals surface area contributed by atoms with E-state index in [1.165, 1.54) is 29.1 Å². The van der Waals surface area contributed by atoms with E-state index in [4.69, 9.17) is 4.74 Å². The zero-order chi connectivity index (χ0) is 18.2. The van der Waals surface area contributed by atoms with E-state index in [9.17, 15) is 18.0 Å². The summed E-state index contributed by atoms with van der Waals surface area (Å²) in [5.41, 5.74) is -0.439. The molecule has 2 heterocycles. The molecule has 2 unspecified atom stereocenters. The highest BCUT2D eigenvalue weighted by molar-refractivity contribution is 6.03. The maximum Gasteiger partial charge on any atom is 0.416 e. The van der Waals surface area contributed by atoms with Crippen molar-refractivity contribution in [2.75, 3.05) is 6.61 Å². The first-order valence-electron chi connectivity index (χ1n) is 7.76. The number of aliphatic imine (C=N–C) groups is 1. The number of halogens is 3. The summed E-state index contributed by atoms with van der Waals surface area (Å²) in [4.78, 5) is 16.8. The van der Waals surface area contributed by atoms with Crippen molar-refractivity contribution in [3.8, 4) is 0 Å². The van der Waals surface area contributed by atoms with Crippen LogP contribution >= 0.6 is 0 Å². The number of benzene rings is 1. The van der Waals surface area contributed by atoms with E-state index in [0.29, 0.717) is 11.5 Å². The standard InChI is InChI=1S/C17H16F3N3O2/c1-3-25-16(24)14-10(2)22-13-8-9-21-23(13)15(14)11-6-4-5-7-12(11)17(18,19)20/h4-9,14-15H,3H2,1-2H3. The number of carbonyl (C=O) groups is 1. The van der Waals surface area contributed by atoms with E-state index in [1.807, 2.05) is 0 Å². The molecule has 0 amide bonds. The first-order valence-corrected chi connectivity index (χ1v) is 7.76. The van der Waals surface area contributed by atoms with Crippen molar-refractivity contribution >= 4 is 17.5 Å². The number of alkyl halides is 3. The van der Waals surface area contributed by atoms with Crippen molar-refractivity contribution in [1.29, 1.82) is 0 Å². The monoisotopic (exact) mass is 351 g/mol. The van der Waals surface area contributed by atoms with Gasteiger partial charge in [-0.2, -0.15) is 18.3 Å². The number of nitrogens with zero attached hydrogens (tertiary/aromatic N) is 3. The third kappa shape index (κ3) is 3.04. The number of esters is 1. The third-order valence-electron chi connectivity index (χ3n) is 4.09. The van der Waals surface area contributed by atoms with E-state index < -0.39 is 29.7 Å². The van der Waals surface area contributed by atoms with E-state index in [2.05, 4.69) is 10.1 Å². The van der Waals surface area contributed by atoms with E-state index >= 15 is 0 Å². The molecule has 0 bridgehead atoms. The average Bonchev–Trinajstić information content (AvgIpc) is 3.00. The Balaban J connectivity index is 2.21. The molecular weight excluding hydrogens is 335 g/mol. The van der Waals surface area contributed by atoms with Crippen molar-refractivity contribution in [2.45, 2.75) is 26.1 Å². The van der Waals surface area contributed by atoms with Crippen LogP contribution in [0.25, 0.3) is 0 Å². The lowest BCUT2D eigenvalue weighted by Crippen LogP contribution is -2.37. The number of hydrogen-bond acceptors (Lipinski definition) is 4. The van der Waals surface area contributed by atoms with Gasteiger partial charge >= 0.3 is 12.1 Å². The van der Waals surface area contributed by atoms with Crippen LogP contribution in [0, 0.1) is 5.92 Å². The molecule has 1 aliphatic rings. The van der Waals surface area contributed by atoms with Crippen LogP contribution in [0.4, 0.5) is 19.0 Å². The van der Waals surface area contributed by atoms with Crippen molar-refractivity contribution in [3.05, 3.63) is 47.7 Å². The van der Waals surface area contributed by atoms with Crippen LogP contribution in [-0.2, 0) is 15.7 Å². The van der Waals surface area contributed by atoms with Crippen LogP contribution in [-0.4, -0.2) is 28.1 Å². The van der Waals surface area contributed by atoms with E-state index in [-0.39, 0.29) is 12.2 Å². The second kappa shape index (κ2) is 6.34. The van der Waals surface area contributed by atoms with Gasteiger partial charge in [-0.15, -0.1) is 0 Å². The minimum Gasteiger partial charge on any atom is -0.465 e. The van der Waals surface area contributed by atoms with Crippen LogP contribution in [0.3, 0.4) is 0 Å². The molecule has 132 valence electrons. The molecule has 1 aliphatic heterocycles. The van der Waals surface area contributed by atoms with Gasteiger partial charge in [0.25, 0.3) is 0 Å². The number of fused-ring (bicyclic) bond motifs is 1. The predicted molar refractivity (Wildman–Crippen MR) is 84.7 cm³/mol. The lowest BCUT2D eigenvalue weighted by atomic mass is 9.86. The normalized spacial score (nSPS) is 20.0. The van der Waals surface area contributed by atoms with Gasteiger partial charge in [0.05, 0.1) is 24.4 Å². The highest BCUT2D eigenvalue weighted by Crippen LogP contribution is 2.42. The molecule has 0 saturated carbocycles. The molecule has 0 saturated heterocycles. The summed E-state index contributed by atoms with van der Waals surface area (Å²) in [6, 6.07) is 5.82. The zero-order valence-electron chi connectivity index (χ0n) is 13.6. The Labute approximate surface area is 142 Å². The zero-order valence-corrected chi connectivity index (χ0v) is 13.6. The predicted octanol–water partition coefficient (Wildman–Crippen LogP) is 3.78. The van der Waals surface area contributed by atoms with Gasteiger partial charge in [-0.05, 0) is 25.5 Å². The van der Waals surface area contributed by atoms with Crippen LogP contribution in [0.1, 0.15) is 31.0 Å². The van der Waals surface area contributed by atoms with Gasteiger partial charge in [0, 0.05) is 11.8 Å². The Kier molecular flexibility index (Phi) is 4.36. The van der Waals surface area contributed by atoms with Gasteiger partial charge in [0.15, 0.2) is 5.82 Å². The number of carbonyl (C=O) groups excluding carboxylic acids is 1. The molecular formula is C17H16F3N3O2. The Morgan fingerprint density at radius 2 is 2.00 bits per heavy atom. The average molecular weight is 351 g/mol. The summed E-state index contributed by atoms with van der Waals surface area (Å²) in [5.74, 6) is -1.19. The lowest BCUT2D eigenvalue weighted by molar-refractivity contribution is -0.147. The summed E-state index contributed by atoms with van der Waals surface area (Å²) in [7, 11) is 0. The first-order chi connectivity index (χ1) is 11.8. The highest BCUT2D eigenvalue weighted by Gasteiger charge is 2.43. The number of aromatic nitrogens is 2. The maximum atomic E-state index is 13.5. The Morgan fingerprint density at radius 3 is 2.68 bits per heavy atom. The molecule has 0 aliphatic carbocycles. The topological polar surface area (TPSA) is 56.5 Å². The Bertz CT molecular complexity index is 827. The number of rotatable bonds is 3. The summed E-state index contributed by atoms with van der Waals surface area (Å²) in [5, 5.41) is 4.10. The second-order valence-corrected chi connectivity index (χ2v) is 5.65. The van der Waals surface area contributed by atoms with Crippen molar-refractivity contribution in [3.63, 3.8) is 0 Å². The summed E-state index contributed by atoms with van der Waals surface area (Å²) in [6.07, 6.45) is -3.10. The molecule has 3 rings (SSSR count). The molecule has 25 heavy (non-hydrogen) atoms. The van der Waals surface area contributed by atoms with Crippen LogP contribution < -0.4 is 0 Å². The molecule has 2 aromatic rings. The van der Waals surface area contributed by atoms with Gasteiger partial charge in [0.1, 0.15) is 5.92 Å². The fourth-order valence-electron chi connectivity index (χ4n) is 3.09. The lowest BCUT2D eigenvalue weighted by Gasteiger charge is -2.32. The molecule has 0 radical (unpaired) electrons. The third-order valence-corrected chi connectivity index (χ3v) is 4.09. The Hall–Kier alpha value is -2.64. The largest absolute Gasteiger partial charge is 0.465 e. The number of hydrogen-bond donors (Lipinski definition) is 0. The molecule has 0 N–H and O–H groups in total. The van der Waals surface area contributed by atoms with Crippen LogP contribution in [0.5, 0.6) is 0 Å². The SMILES string of the molecule is CCOC(=O)C1C(C)=Nc2ccnn2C1c1ccccc1C(F)(F)F. The van der Waals surface area contributed by atoms with E-state index in [1.54, 1.807) is 19.9 Å².